The van der Waals surface area contributed by atoms with Crippen LogP contribution in [0.3, 0.4) is 0 Å². The lowest BCUT2D eigenvalue weighted by molar-refractivity contribution is -0.0458. The predicted octanol–water partition coefficient (Wildman–Crippen LogP) is 5.05. The number of esters is 1. The molecule has 1 aromatic rings. The first-order chi connectivity index (χ1) is 12.2. The minimum Gasteiger partial charge on any atom is -0.465 e. The maximum Gasteiger partial charge on any atom is 0.338 e. The summed E-state index contributed by atoms with van der Waals surface area (Å²) in [5.74, 6) is 1.01. The summed E-state index contributed by atoms with van der Waals surface area (Å²) in [6, 6.07) is 4.43. The van der Waals surface area contributed by atoms with E-state index in [-0.39, 0.29) is 24.5 Å². The van der Waals surface area contributed by atoms with E-state index in [0.717, 1.165) is 30.2 Å². The number of hydrogen-bond donors (Lipinski definition) is 1. The Bertz CT molecular complexity index is 657. The van der Waals surface area contributed by atoms with Crippen molar-refractivity contribution in [2.75, 3.05) is 19.0 Å². The fraction of sp³-hybridized carbons (Fsp3) is 0.667. The second kappa shape index (κ2) is 8.18. The van der Waals surface area contributed by atoms with Crippen molar-refractivity contribution >= 4 is 24.1 Å². The lowest BCUT2D eigenvalue weighted by atomic mass is 9.71. The molecule has 0 bridgehead atoms. The SMILES string of the molecule is COC(=O)c1ccc2c(c1C)N[C@H](C1CCCCC1)[C@@H]1CCCO[C@H]21.Cl. The van der Waals surface area contributed by atoms with Gasteiger partial charge >= 0.3 is 5.97 Å². The van der Waals surface area contributed by atoms with Gasteiger partial charge in [0, 0.05) is 29.8 Å². The fourth-order valence-corrected chi connectivity index (χ4v) is 5.22. The minimum absolute atomic E-state index is 0. The standard InChI is InChI=1S/C21H29NO3.ClH/c1-13-15(21(23)24-2)10-11-17-18(13)22-19(14-7-4-3-5-8-14)16-9-6-12-25-20(16)17;/h10-11,14,16,19-20,22H,3-9,12H2,1-2H3;1H/t16-,19+,20-;/m0./s1. The summed E-state index contributed by atoms with van der Waals surface area (Å²) < 4.78 is 11.2. The summed E-state index contributed by atoms with van der Waals surface area (Å²) >= 11 is 0. The molecule has 1 N–H and O–H groups in total. The normalized spacial score (nSPS) is 28.2. The van der Waals surface area contributed by atoms with Crippen LogP contribution in [0.15, 0.2) is 12.1 Å². The van der Waals surface area contributed by atoms with E-state index in [1.165, 1.54) is 51.2 Å². The molecule has 0 radical (unpaired) electrons. The van der Waals surface area contributed by atoms with Crippen molar-refractivity contribution in [1.82, 2.24) is 0 Å². The number of carbonyl (C=O) groups excluding carboxylic acids is 1. The van der Waals surface area contributed by atoms with Crippen molar-refractivity contribution in [3.63, 3.8) is 0 Å². The first-order valence-electron chi connectivity index (χ1n) is 9.80. The van der Waals surface area contributed by atoms with Gasteiger partial charge in [-0.1, -0.05) is 25.3 Å². The first kappa shape index (κ1) is 19.5. The Balaban J connectivity index is 0.00000196. The molecule has 2 fully saturated rings. The van der Waals surface area contributed by atoms with Crippen LogP contribution in [0, 0.1) is 18.8 Å². The number of halogens is 1. The summed E-state index contributed by atoms with van der Waals surface area (Å²) in [5.41, 5.74) is 3.99. The van der Waals surface area contributed by atoms with Gasteiger partial charge in [-0.25, -0.2) is 4.79 Å². The van der Waals surface area contributed by atoms with Crippen LogP contribution in [0.2, 0.25) is 0 Å². The van der Waals surface area contributed by atoms with Crippen LogP contribution in [0.5, 0.6) is 0 Å². The van der Waals surface area contributed by atoms with E-state index in [0.29, 0.717) is 17.5 Å². The van der Waals surface area contributed by atoms with Crippen LogP contribution in [-0.4, -0.2) is 25.7 Å². The molecular weight excluding hydrogens is 350 g/mol. The summed E-state index contributed by atoms with van der Waals surface area (Å²) in [4.78, 5) is 12.1. The van der Waals surface area contributed by atoms with Gasteiger partial charge < -0.3 is 14.8 Å². The van der Waals surface area contributed by atoms with Gasteiger partial charge in [0.05, 0.1) is 18.8 Å². The van der Waals surface area contributed by atoms with E-state index in [4.69, 9.17) is 9.47 Å². The van der Waals surface area contributed by atoms with E-state index >= 15 is 0 Å². The van der Waals surface area contributed by atoms with E-state index in [1.54, 1.807) is 0 Å². The smallest absolute Gasteiger partial charge is 0.338 e. The van der Waals surface area contributed by atoms with Gasteiger partial charge in [-0.3, -0.25) is 0 Å². The lowest BCUT2D eigenvalue weighted by Gasteiger charge is -2.47. The summed E-state index contributed by atoms with van der Waals surface area (Å²) in [6.07, 6.45) is 9.23. The number of nitrogens with one attached hydrogen (secondary N) is 1. The van der Waals surface area contributed by atoms with Gasteiger partial charge in [-0.05, 0) is 50.2 Å². The van der Waals surface area contributed by atoms with E-state index in [2.05, 4.69) is 11.4 Å². The average molecular weight is 380 g/mol. The van der Waals surface area contributed by atoms with Crippen molar-refractivity contribution in [2.45, 2.75) is 64.0 Å². The molecule has 0 spiro atoms. The fourth-order valence-electron chi connectivity index (χ4n) is 5.22. The van der Waals surface area contributed by atoms with E-state index in [9.17, 15) is 4.79 Å². The highest BCUT2D eigenvalue weighted by Gasteiger charge is 2.43. The maximum absolute atomic E-state index is 12.1. The van der Waals surface area contributed by atoms with Gasteiger partial charge in [0.2, 0.25) is 0 Å². The van der Waals surface area contributed by atoms with Crippen LogP contribution >= 0.6 is 12.4 Å². The molecule has 1 aliphatic carbocycles. The molecule has 0 amide bonds. The van der Waals surface area contributed by atoms with Crippen LogP contribution in [0.4, 0.5) is 5.69 Å². The number of rotatable bonds is 2. The number of carbonyl (C=O) groups is 1. The van der Waals surface area contributed by atoms with Gasteiger partial charge in [0.25, 0.3) is 0 Å². The van der Waals surface area contributed by atoms with Crippen molar-refractivity contribution in [2.24, 2.45) is 11.8 Å². The van der Waals surface area contributed by atoms with Crippen LogP contribution in [-0.2, 0) is 9.47 Å². The minimum atomic E-state index is -0.261. The van der Waals surface area contributed by atoms with E-state index < -0.39 is 0 Å². The molecular formula is C21H30ClNO3. The zero-order valence-electron chi connectivity index (χ0n) is 15.8. The molecule has 3 aliphatic rings. The number of hydrogen-bond acceptors (Lipinski definition) is 4. The molecule has 5 heteroatoms. The molecule has 0 unspecified atom stereocenters. The molecule has 1 saturated carbocycles. The number of benzene rings is 1. The Morgan fingerprint density at radius 3 is 2.65 bits per heavy atom. The Kier molecular flexibility index (Phi) is 6.13. The first-order valence-corrected chi connectivity index (χ1v) is 9.80. The van der Waals surface area contributed by atoms with Crippen molar-refractivity contribution in [3.05, 3.63) is 28.8 Å². The third-order valence-electron chi connectivity index (χ3n) is 6.51. The predicted molar refractivity (Wildman–Crippen MR) is 105 cm³/mol. The van der Waals surface area contributed by atoms with Gasteiger partial charge in [-0.2, -0.15) is 0 Å². The highest BCUT2D eigenvalue weighted by Crippen LogP contribution is 2.48. The summed E-state index contributed by atoms with van der Waals surface area (Å²) in [5, 5.41) is 3.87. The number of methoxy groups -OCH3 is 1. The molecule has 0 aromatic heterocycles. The van der Waals surface area contributed by atoms with Gasteiger partial charge in [-0.15, -0.1) is 12.4 Å². The zero-order chi connectivity index (χ0) is 17.4. The highest BCUT2D eigenvalue weighted by atomic mass is 35.5. The molecule has 1 aromatic carbocycles. The second-order valence-electron chi connectivity index (χ2n) is 7.86. The van der Waals surface area contributed by atoms with Gasteiger partial charge in [0.1, 0.15) is 0 Å². The van der Waals surface area contributed by atoms with Crippen LogP contribution in [0.1, 0.15) is 72.5 Å². The molecule has 1 saturated heterocycles. The Labute approximate surface area is 162 Å². The van der Waals surface area contributed by atoms with Gasteiger partial charge in [0.15, 0.2) is 0 Å². The third-order valence-corrected chi connectivity index (χ3v) is 6.51. The zero-order valence-corrected chi connectivity index (χ0v) is 16.6. The molecule has 26 heavy (non-hydrogen) atoms. The summed E-state index contributed by atoms with van der Waals surface area (Å²) in [7, 11) is 1.44. The molecule has 4 nitrogen and oxygen atoms in total. The molecule has 4 rings (SSSR count). The van der Waals surface area contributed by atoms with E-state index in [1.807, 2.05) is 13.0 Å². The number of anilines is 1. The Morgan fingerprint density at radius 2 is 1.92 bits per heavy atom. The second-order valence-corrected chi connectivity index (χ2v) is 7.86. The monoisotopic (exact) mass is 379 g/mol. The lowest BCUT2D eigenvalue weighted by Crippen LogP contribution is -2.46. The summed E-state index contributed by atoms with van der Waals surface area (Å²) in [6.45, 7) is 2.87. The topological polar surface area (TPSA) is 47.6 Å². The van der Waals surface area contributed by atoms with Crippen LogP contribution < -0.4 is 5.32 Å². The van der Waals surface area contributed by atoms with Crippen molar-refractivity contribution < 1.29 is 14.3 Å². The van der Waals surface area contributed by atoms with Crippen molar-refractivity contribution in [3.8, 4) is 0 Å². The number of ether oxygens (including phenoxy) is 2. The highest BCUT2D eigenvalue weighted by molar-refractivity contribution is 5.93. The number of fused-ring (bicyclic) bond motifs is 3. The largest absolute Gasteiger partial charge is 0.465 e. The average Bonchev–Trinajstić information content (AvgIpc) is 2.68. The van der Waals surface area contributed by atoms with Crippen LogP contribution in [0.25, 0.3) is 0 Å². The third kappa shape index (κ3) is 3.34. The molecule has 2 aliphatic heterocycles. The van der Waals surface area contributed by atoms with Crippen molar-refractivity contribution in [1.29, 1.82) is 0 Å². The Morgan fingerprint density at radius 1 is 1.15 bits per heavy atom. The maximum atomic E-state index is 12.1. The Hall–Kier alpha value is -1.26. The molecule has 144 valence electrons. The molecule has 2 heterocycles. The quantitative estimate of drug-likeness (QED) is 0.731. The molecule has 3 atom stereocenters.